The summed E-state index contributed by atoms with van der Waals surface area (Å²) in [6.07, 6.45) is 0.794. The average molecular weight is 458 g/mol. The molecule has 2 N–H and O–H groups in total. The van der Waals surface area contributed by atoms with Crippen LogP contribution in [0.4, 0.5) is 5.69 Å². The van der Waals surface area contributed by atoms with E-state index in [0.29, 0.717) is 0 Å². The van der Waals surface area contributed by atoms with E-state index < -0.39 is 22.0 Å². The van der Waals surface area contributed by atoms with Gasteiger partial charge in [0.1, 0.15) is 11.9 Å². The zero-order valence-electron chi connectivity index (χ0n) is 16.8. The van der Waals surface area contributed by atoms with E-state index in [0.717, 1.165) is 23.5 Å². The molecule has 0 spiro atoms. The fourth-order valence-electron chi connectivity index (χ4n) is 2.72. The molecule has 3 rings (SSSR count). The molecule has 0 saturated carbocycles. The monoisotopic (exact) mass is 458 g/mol. The van der Waals surface area contributed by atoms with E-state index in [9.17, 15) is 19.7 Å². The smallest absolute Gasteiger partial charge is 0.305 e. The van der Waals surface area contributed by atoms with Crippen molar-refractivity contribution >= 4 is 40.7 Å². The molecule has 1 atom stereocenters. The number of benzene rings is 2. The van der Waals surface area contributed by atoms with Gasteiger partial charge >= 0.3 is 5.97 Å². The van der Waals surface area contributed by atoms with Gasteiger partial charge in [-0.25, -0.2) is 0 Å². The molecule has 0 bridgehead atoms. The van der Waals surface area contributed by atoms with Crippen molar-refractivity contribution in [2.45, 2.75) is 18.3 Å². The minimum absolute atomic E-state index is 0.106. The minimum atomic E-state index is -1.11. The van der Waals surface area contributed by atoms with Crippen LogP contribution in [0.2, 0.25) is 0 Å². The van der Waals surface area contributed by atoms with Crippen LogP contribution in [-0.4, -0.2) is 45.6 Å². The summed E-state index contributed by atoms with van der Waals surface area (Å²) in [6.45, 7) is 0.224. The molecule has 32 heavy (non-hydrogen) atoms. The summed E-state index contributed by atoms with van der Waals surface area (Å²) >= 11 is 0.924. The van der Waals surface area contributed by atoms with Crippen molar-refractivity contribution in [3.8, 4) is 11.5 Å². The molecule has 12 heteroatoms. The number of ether oxygens (including phenoxy) is 2. The number of nitrogens with one attached hydrogen (secondary N) is 1. The summed E-state index contributed by atoms with van der Waals surface area (Å²) in [5.74, 6) is -1.13. The van der Waals surface area contributed by atoms with Crippen LogP contribution in [0.1, 0.15) is 17.5 Å². The molecule has 1 heterocycles. The maximum absolute atomic E-state index is 11.8. The van der Waals surface area contributed by atoms with Crippen LogP contribution in [0.25, 0.3) is 0 Å². The Morgan fingerprint density at radius 2 is 2.06 bits per heavy atom. The maximum atomic E-state index is 11.8. The van der Waals surface area contributed by atoms with Crippen molar-refractivity contribution in [2.75, 3.05) is 7.11 Å². The number of amidine groups is 1. The molecule has 166 valence electrons. The number of amides is 1. The second kappa shape index (κ2) is 10.4. The van der Waals surface area contributed by atoms with E-state index in [4.69, 9.17) is 14.6 Å². The lowest BCUT2D eigenvalue weighted by Gasteiger charge is -2.11. The Hall–Kier alpha value is -3.93. The number of carboxylic acid groups (broad SMARTS) is 1. The molecule has 11 nitrogen and oxygen atoms in total. The molecule has 0 aromatic heterocycles. The average Bonchev–Trinajstić information content (AvgIpc) is 3.11. The van der Waals surface area contributed by atoms with Gasteiger partial charge in [0.2, 0.25) is 5.91 Å². The lowest BCUT2D eigenvalue weighted by molar-refractivity contribution is -0.385. The summed E-state index contributed by atoms with van der Waals surface area (Å²) in [5, 5.41) is 29.7. The van der Waals surface area contributed by atoms with E-state index in [1.807, 2.05) is 30.3 Å². The van der Waals surface area contributed by atoms with Crippen LogP contribution >= 0.6 is 11.8 Å². The van der Waals surface area contributed by atoms with Gasteiger partial charge in [0.05, 0.1) is 36.3 Å². The third-order valence-corrected chi connectivity index (χ3v) is 5.30. The number of hydrogen-bond donors (Lipinski definition) is 2. The van der Waals surface area contributed by atoms with Gasteiger partial charge in [-0.05, 0) is 11.6 Å². The molecular weight excluding hydrogens is 440 g/mol. The highest BCUT2D eigenvalue weighted by Gasteiger charge is 2.32. The summed E-state index contributed by atoms with van der Waals surface area (Å²) in [6, 6.07) is 12.0. The quantitative estimate of drug-likeness (QED) is 0.330. The Balaban J connectivity index is 1.82. The van der Waals surface area contributed by atoms with E-state index in [2.05, 4.69) is 15.5 Å². The van der Waals surface area contributed by atoms with E-state index in [1.54, 1.807) is 0 Å². The first kappa shape index (κ1) is 22.7. The number of carbonyl (C=O) groups is 2. The lowest BCUT2D eigenvalue weighted by Crippen LogP contribution is -2.26. The van der Waals surface area contributed by atoms with Crippen LogP contribution in [0, 0.1) is 10.1 Å². The highest BCUT2D eigenvalue weighted by Crippen LogP contribution is 2.34. The van der Waals surface area contributed by atoms with Crippen molar-refractivity contribution in [3.05, 3.63) is 63.7 Å². The number of aliphatic carboxylic acids is 1. The maximum Gasteiger partial charge on any atom is 0.305 e. The number of nitro benzene ring substituents is 1. The van der Waals surface area contributed by atoms with Gasteiger partial charge in [-0.3, -0.25) is 19.7 Å². The van der Waals surface area contributed by atoms with Gasteiger partial charge in [0, 0.05) is 0 Å². The van der Waals surface area contributed by atoms with Crippen LogP contribution < -0.4 is 14.8 Å². The van der Waals surface area contributed by atoms with Gasteiger partial charge in [-0.15, -0.1) is 5.10 Å². The van der Waals surface area contributed by atoms with E-state index in [-0.39, 0.29) is 40.9 Å². The summed E-state index contributed by atoms with van der Waals surface area (Å²) in [4.78, 5) is 33.4. The van der Waals surface area contributed by atoms with Crippen LogP contribution in [0.3, 0.4) is 0 Å². The molecule has 0 aliphatic carbocycles. The topological polar surface area (TPSA) is 153 Å². The Morgan fingerprint density at radius 3 is 2.72 bits per heavy atom. The van der Waals surface area contributed by atoms with Gasteiger partial charge in [-0.1, -0.05) is 42.1 Å². The summed E-state index contributed by atoms with van der Waals surface area (Å²) in [7, 11) is 1.38. The Labute approximate surface area is 186 Å². The zero-order chi connectivity index (χ0) is 23.1. The van der Waals surface area contributed by atoms with Gasteiger partial charge in [0.15, 0.2) is 16.7 Å². The SMILES string of the molecule is COc1cc([N+](=O)[O-])c(C=NN=C2NC(=O)C(CC(=O)O)S2)cc1OCc1ccccc1. The van der Waals surface area contributed by atoms with E-state index >= 15 is 0 Å². The van der Waals surface area contributed by atoms with Crippen molar-refractivity contribution < 1.29 is 29.1 Å². The molecule has 0 radical (unpaired) electrons. The minimum Gasteiger partial charge on any atom is -0.493 e. The normalized spacial score (nSPS) is 16.8. The molecular formula is C20H18N4O7S. The third kappa shape index (κ3) is 5.82. The number of carboxylic acids is 1. The van der Waals surface area contributed by atoms with E-state index in [1.165, 1.54) is 19.2 Å². The first-order valence-electron chi connectivity index (χ1n) is 9.21. The summed E-state index contributed by atoms with van der Waals surface area (Å²) < 4.78 is 11.0. The first-order valence-corrected chi connectivity index (χ1v) is 10.1. The number of rotatable bonds is 9. The summed E-state index contributed by atoms with van der Waals surface area (Å²) in [5.41, 5.74) is 0.740. The predicted octanol–water partition coefficient (Wildman–Crippen LogP) is 2.58. The Morgan fingerprint density at radius 1 is 1.31 bits per heavy atom. The van der Waals surface area contributed by atoms with Crippen molar-refractivity contribution in [2.24, 2.45) is 10.2 Å². The predicted molar refractivity (Wildman–Crippen MR) is 117 cm³/mol. The van der Waals surface area contributed by atoms with Gasteiger partial charge in [-0.2, -0.15) is 5.10 Å². The standard InChI is InChI=1S/C20H18N4O7S/c1-30-15-8-14(24(28)29)13(7-16(15)31-11-12-5-3-2-4-6-12)10-21-23-20-22-19(27)17(32-20)9-18(25)26/h2-8,10,17H,9,11H2,1H3,(H,25,26)(H,22,23,27). The second-order valence-corrected chi connectivity index (χ2v) is 7.63. The van der Waals surface area contributed by atoms with Gasteiger partial charge in [0.25, 0.3) is 5.69 Å². The molecule has 1 aliphatic rings. The Kier molecular flexibility index (Phi) is 7.39. The van der Waals surface area contributed by atoms with Crippen LogP contribution in [0.5, 0.6) is 11.5 Å². The molecule has 2 aromatic carbocycles. The van der Waals surface area contributed by atoms with Gasteiger partial charge < -0.3 is 19.9 Å². The first-order chi connectivity index (χ1) is 15.4. The molecule has 1 saturated heterocycles. The Bertz CT molecular complexity index is 1090. The number of hydrogen-bond acceptors (Lipinski definition) is 9. The van der Waals surface area contributed by atoms with Crippen molar-refractivity contribution in [1.82, 2.24) is 5.32 Å². The molecule has 1 amide bonds. The highest BCUT2D eigenvalue weighted by atomic mass is 32.2. The molecule has 1 unspecified atom stereocenters. The number of carbonyl (C=O) groups excluding carboxylic acids is 1. The van der Waals surface area contributed by atoms with Crippen molar-refractivity contribution in [1.29, 1.82) is 0 Å². The number of methoxy groups -OCH3 is 1. The highest BCUT2D eigenvalue weighted by molar-refractivity contribution is 8.15. The van der Waals surface area contributed by atoms with Crippen LogP contribution in [-0.2, 0) is 16.2 Å². The molecule has 1 aliphatic heterocycles. The third-order valence-electron chi connectivity index (χ3n) is 4.23. The fourth-order valence-corrected chi connectivity index (χ4v) is 3.64. The largest absolute Gasteiger partial charge is 0.493 e. The molecule has 2 aromatic rings. The second-order valence-electron chi connectivity index (χ2n) is 6.44. The van der Waals surface area contributed by atoms with Crippen molar-refractivity contribution in [3.63, 3.8) is 0 Å². The number of nitro groups is 1. The number of nitrogens with zero attached hydrogens (tertiary/aromatic N) is 3. The zero-order valence-corrected chi connectivity index (χ0v) is 17.6. The number of thioether (sulfide) groups is 1. The van der Waals surface area contributed by atoms with Crippen LogP contribution in [0.15, 0.2) is 52.7 Å². The fraction of sp³-hybridized carbons (Fsp3) is 0.200. The molecule has 1 fully saturated rings. The lowest BCUT2D eigenvalue weighted by atomic mass is 10.1.